The van der Waals surface area contributed by atoms with Crippen molar-refractivity contribution in [3.8, 4) is 0 Å². The van der Waals surface area contributed by atoms with Gasteiger partial charge < -0.3 is 10.2 Å². The van der Waals surface area contributed by atoms with Crippen LogP contribution in [0.15, 0.2) is 52.3 Å². The maximum Gasteiger partial charge on any atom is 0.0483 e. The zero-order chi connectivity index (χ0) is 17.5. The third-order valence-corrected chi connectivity index (χ3v) is 5.95. The highest BCUT2D eigenvalue weighted by atomic mass is 35.5. The summed E-state index contributed by atoms with van der Waals surface area (Å²) in [5.74, 6) is 0. The van der Waals surface area contributed by atoms with Crippen molar-refractivity contribution in [2.45, 2.75) is 35.5 Å². The number of benzene rings is 2. The van der Waals surface area contributed by atoms with Crippen molar-refractivity contribution in [2.75, 3.05) is 31.5 Å². The van der Waals surface area contributed by atoms with E-state index in [1.54, 1.807) is 11.8 Å². The van der Waals surface area contributed by atoms with Crippen molar-refractivity contribution in [1.29, 1.82) is 0 Å². The van der Waals surface area contributed by atoms with Gasteiger partial charge in [0.1, 0.15) is 0 Å². The van der Waals surface area contributed by atoms with Gasteiger partial charge in [0.05, 0.1) is 0 Å². The van der Waals surface area contributed by atoms with Crippen molar-refractivity contribution in [3.63, 3.8) is 0 Å². The zero-order valence-electron chi connectivity index (χ0n) is 14.7. The minimum absolute atomic E-state index is 0. The molecule has 0 spiro atoms. The molecular weight excluding hydrogens is 407 g/mol. The van der Waals surface area contributed by atoms with Crippen LogP contribution in [0.3, 0.4) is 0 Å². The largest absolute Gasteiger partial charge is 0.384 e. The lowest BCUT2D eigenvalue weighted by Crippen LogP contribution is -2.31. The minimum Gasteiger partial charge on any atom is -0.384 e. The first-order valence-corrected chi connectivity index (χ1v) is 10.5. The summed E-state index contributed by atoms with van der Waals surface area (Å²) in [6.45, 7) is 4.68. The quantitative estimate of drug-likeness (QED) is 0.482. The van der Waals surface area contributed by atoms with Gasteiger partial charge in [-0.25, -0.2) is 0 Å². The highest BCUT2D eigenvalue weighted by Crippen LogP contribution is 2.35. The summed E-state index contributed by atoms with van der Waals surface area (Å²) >= 11 is 13.9. The molecule has 3 rings (SSSR count). The third-order valence-electron chi connectivity index (χ3n) is 4.40. The number of halogens is 3. The number of anilines is 1. The van der Waals surface area contributed by atoms with Crippen LogP contribution in [0.4, 0.5) is 5.69 Å². The van der Waals surface area contributed by atoms with Crippen LogP contribution in [-0.2, 0) is 0 Å². The number of hydrogen-bond acceptors (Lipinski definition) is 3. The summed E-state index contributed by atoms with van der Waals surface area (Å²) in [7, 11) is 0. The Balaban J connectivity index is 0.00000243. The molecule has 0 unspecified atom stereocenters. The zero-order valence-corrected chi connectivity index (χ0v) is 17.9. The van der Waals surface area contributed by atoms with Crippen LogP contribution < -0.4 is 5.32 Å². The van der Waals surface area contributed by atoms with Crippen molar-refractivity contribution in [1.82, 2.24) is 4.90 Å². The van der Waals surface area contributed by atoms with E-state index in [4.69, 9.17) is 23.2 Å². The average Bonchev–Trinajstić information content (AvgIpc) is 2.63. The molecule has 1 saturated heterocycles. The molecule has 0 aliphatic carbocycles. The van der Waals surface area contributed by atoms with E-state index in [0.29, 0.717) is 0 Å². The van der Waals surface area contributed by atoms with Gasteiger partial charge in [-0.15, -0.1) is 12.4 Å². The summed E-state index contributed by atoms with van der Waals surface area (Å²) in [5.41, 5.74) is 1.14. The number of likely N-dealkylation sites (tertiary alicyclic amines) is 1. The fourth-order valence-corrected chi connectivity index (χ4v) is 4.39. The lowest BCUT2D eigenvalue weighted by atomic mass is 10.1. The molecule has 2 nitrogen and oxygen atoms in total. The summed E-state index contributed by atoms with van der Waals surface area (Å²) in [5, 5.41) is 5.10. The Hall–Kier alpha value is -0.580. The van der Waals surface area contributed by atoms with Crippen LogP contribution in [-0.4, -0.2) is 31.1 Å². The Morgan fingerprint density at radius 2 is 1.62 bits per heavy atom. The van der Waals surface area contributed by atoms with E-state index in [1.165, 1.54) is 38.9 Å². The molecule has 142 valence electrons. The number of nitrogens with zero attached hydrogens (tertiary/aromatic N) is 1. The van der Waals surface area contributed by atoms with Crippen LogP contribution in [0, 0.1) is 0 Å². The van der Waals surface area contributed by atoms with Crippen molar-refractivity contribution >= 4 is 53.1 Å². The fourth-order valence-electron chi connectivity index (χ4n) is 3.06. The van der Waals surface area contributed by atoms with Gasteiger partial charge in [-0.3, -0.25) is 0 Å². The smallest absolute Gasteiger partial charge is 0.0483 e. The number of rotatable bonds is 7. The molecule has 1 N–H and O–H groups in total. The average molecular weight is 432 g/mol. The van der Waals surface area contributed by atoms with Crippen LogP contribution >= 0.6 is 47.4 Å². The first-order valence-electron chi connectivity index (χ1n) is 8.90. The molecular formula is C20H25Cl3N2S. The topological polar surface area (TPSA) is 15.3 Å². The van der Waals surface area contributed by atoms with Gasteiger partial charge >= 0.3 is 0 Å². The molecule has 0 bridgehead atoms. The van der Waals surface area contributed by atoms with Crippen LogP contribution in [0.2, 0.25) is 10.0 Å². The third kappa shape index (κ3) is 6.86. The van der Waals surface area contributed by atoms with Crippen molar-refractivity contribution < 1.29 is 0 Å². The Bertz CT molecular complexity index is 673. The number of hydrogen-bond donors (Lipinski definition) is 1. The van der Waals surface area contributed by atoms with E-state index in [0.717, 1.165) is 38.5 Å². The molecule has 0 amide bonds. The van der Waals surface area contributed by atoms with Gasteiger partial charge in [0, 0.05) is 32.1 Å². The van der Waals surface area contributed by atoms with Crippen LogP contribution in [0.5, 0.6) is 0 Å². The number of nitrogens with one attached hydrogen (secondary N) is 1. The Morgan fingerprint density at radius 1 is 0.923 bits per heavy atom. The van der Waals surface area contributed by atoms with E-state index >= 15 is 0 Å². The van der Waals surface area contributed by atoms with E-state index < -0.39 is 0 Å². The first kappa shape index (κ1) is 21.7. The normalized spacial score (nSPS) is 14.7. The lowest BCUT2D eigenvalue weighted by molar-refractivity contribution is 0.228. The van der Waals surface area contributed by atoms with Crippen molar-refractivity contribution in [3.05, 3.63) is 52.5 Å². The number of piperidine rings is 1. The Labute approximate surface area is 177 Å². The molecule has 1 heterocycles. The van der Waals surface area contributed by atoms with E-state index in [-0.39, 0.29) is 12.4 Å². The maximum atomic E-state index is 6.20. The van der Waals surface area contributed by atoms with E-state index in [1.807, 2.05) is 36.4 Å². The maximum absolute atomic E-state index is 6.20. The SMILES string of the molecule is Cl.Clc1ccc(Sc2cc(Cl)ccc2NCCCN2CCCCC2)cc1. The van der Waals surface area contributed by atoms with Gasteiger partial charge in [-0.05, 0) is 81.4 Å². The Morgan fingerprint density at radius 3 is 2.35 bits per heavy atom. The van der Waals surface area contributed by atoms with Gasteiger partial charge in [-0.1, -0.05) is 41.4 Å². The molecule has 1 aliphatic heterocycles. The lowest BCUT2D eigenvalue weighted by Gasteiger charge is -2.26. The van der Waals surface area contributed by atoms with Gasteiger partial charge in [0.25, 0.3) is 0 Å². The van der Waals surface area contributed by atoms with Crippen LogP contribution in [0.1, 0.15) is 25.7 Å². The second-order valence-electron chi connectivity index (χ2n) is 6.38. The van der Waals surface area contributed by atoms with Crippen molar-refractivity contribution in [2.24, 2.45) is 0 Å². The van der Waals surface area contributed by atoms with Gasteiger partial charge in [-0.2, -0.15) is 0 Å². The highest BCUT2D eigenvalue weighted by Gasteiger charge is 2.10. The first-order chi connectivity index (χ1) is 12.2. The second kappa shape index (κ2) is 11.3. The summed E-state index contributed by atoms with van der Waals surface area (Å²) < 4.78 is 0. The van der Waals surface area contributed by atoms with Gasteiger partial charge in [0.2, 0.25) is 0 Å². The highest BCUT2D eigenvalue weighted by molar-refractivity contribution is 7.99. The molecule has 0 saturated carbocycles. The van der Waals surface area contributed by atoms with Crippen LogP contribution in [0.25, 0.3) is 0 Å². The second-order valence-corrected chi connectivity index (χ2v) is 8.37. The Kier molecular flexibility index (Phi) is 9.44. The fraction of sp³-hybridized carbons (Fsp3) is 0.400. The van der Waals surface area contributed by atoms with E-state index in [2.05, 4.69) is 16.3 Å². The predicted octanol–water partition coefficient (Wildman–Crippen LogP) is 6.85. The summed E-state index contributed by atoms with van der Waals surface area (Å²) in [6.07, 6.45) is 5.26. The summed E-state index contributed by atoms with van der Waals surface area (Å²) in [4.78, 5) is 4.88. The summed E-state index contributed by atoms with van der Waals surface area (Å²) in [6, 6.07) is 13.9. The monoisotopic (exact) mass is 430 g/mol. The molecule has 0 radical (unpaired) electrons. The predicted molar refractivity (Wildman–Crippen MR) is 118 cm³/mol. The van der Waals surface area contributed by atoms with E-state index in [9.17, 15) is 0 Å². The van der Waals surface area contributed by atoms with Gasteiger partial charge in [0.15, 0.2) is 0 Å². The molecule has 1 aliphatic rings. The molecule has 0 aromatic heterocycles. The molecule has 2 aromatic carbocycles. The molecule has 6 heteroatoms. The molecule has 2 aromatic rings. The molecule has 26 heavy (non-hydrogen) atoms. The molecule has 0 atom stereocenters. The standard InChI is InChI=1S/C20H24Cl2N2S.ClH/c21-16-5-8-18(9-6-16)25-20-15-17(22)7-10-19(20)23-11-4-14-24-12-2-1-3-13-24;/h5-10,15,23H,1-4,11-14H2;1H. The minimum atomic E-state index is 0. The molecule has 1 fully saturated rings.